The van der Waals surface area contributed by atoms with Gasteiger partial charge in [-0.1, -0.05) is 19.9 Å². The molecule has 0 bridgehead atoms. The number of hydrogen-bond donors (Lipinski definition) is 0. The van der Waals surface area contributed by atoms with Crippen LogP contribution in [0.5, 0.6) is 0 Å². The molecule has 0 amide bonds. The molecule has 0 spiro atoms. The predicted molar refractivity (Wildman–Crippen MR) is 80.7 cm³/mol. The summed E-state index contributed by atoms with van der Waals surface area (Å²) >= 11 is 3.30. The lowest BCUT2D eigenvalue weighted by Crippen LogP contribution is -2.19. The number of allylic oxidation sites excluding steroid dienone is 2. The van der Waals surface area contributed by atoms with Gasteiger partial charge >= 0.3 is 5.97 Å². The van der Waals surface area contributed by atoms with Crippen molar-refractivity contribution in [2.24, 2.45) is 5.10 Å². The molecule has 0 aromatic rings. The van der Waals surface area contributed by atoms with Crippen LogP contribution >= 0.6 is 15.9 Å². The lowest BCUT2D eigenvalue weighted by molar-refractivity contribution is -0.138. The van der Waals surface area contributed by atoms with E-state index in [4.69, 9.17) is 4.74 Å². The summed E-state index contributed by atoms with van der Waals surface area (Å²) in [4.78, 5) is 12.1. The monoisotopic (exact) mass is 326 g/mol. The molecule has 19 heavy (non-hydrogen) atoms. The van der Waals surface area contributed by atoms with Gasteiger partial charge in [0.1, 0.15) is 4.62 Å². The Morgan fingerprint density at radius 2 is 2.26 bits per heavy atom. The highest BCUT2D eigenvalue weighted by molar-refractivity contribution is 9.18. The highest BCUT2D eigenvalue weighted by atomic mass is 79.9. The molecule has 104 valence electrons. The van der Waals surface area contributed by atoms with E-state index in [1.54, 1.807) is 24.2 Å². The smallest absolute Gasteiger partial charge is 0.336 e. The van der Waals surface area contributed by atoms with Crippen molar-refractivity contribution in [1.82, 2.24) is 5.01 Å². The first-order chi connectivity index (χ1) is 9.13. The second-order valence-electron chi connectivity index (χ2n) is 3.97. The molecule has 0 unspecified atom stereocenters. The number of nitrogens with zero attached hydrogens (tertiary/aromatic N) is 2. The van der Waals surface area contributed by atoms with Gasteiger partial charge in [0.25, 0.3) is 0 Å². The van der Waals surface area contributed by atoms with E-state index >= 15 is 0 Å². The normalized spacial score (nSPS) is 17.0. The molecule has 0 saturated carbocycles. The van der Waals surface area contributed by atoms with Gasteiger partial charge in [-0.05, 0) is 47.8 Å². The van der Waals surface area contributed by atoms with E-state index in [9.17, 15) is 4.79 Å². The molecule has 5 heteroatoms. The fourth-order valence-electron chi connectivity index (χ4n) is 1.70. The Hall–Kier alpha value is -1.36. The predicted octanol–water partition coefficient (Wildman–Crippen LogP) is 3.72. The van der Waals surface area contributed by atoms with Crippen molar-refractivity contribution >= 4 is 26.5 Å². The molecular formula is C14H19BrN2O2. The summed E-state index contributed by atoms with van der Waals surface area (Å²) < 4.78 is 5.81. The van der Waals surface area contributed by atoms with E-state index in [0.29, 0.717) is 23.2 Å². The van der Waals surface area contributed by atoms with Crippen LogP contribution in [0.2, 0.25) is 0 Å². The summed E-state index contributed by atoms with van der Waals surface area (Å²) in [5.74, 6) is -0.282. The minimum absolute atomic E-state index is 0.282. The molecule has 4 nitrogen and oxygen atoms in total. The first kappa shape index (κ1) is 15.7. The highest BCUT2D eigenvalue weighted by Crippen LogP contribution is 2.23. The quantitative estimate of drug-likeness (QED) is 0.551. The van der Waals surface area contributed by atoms with E-state index in [1.807, 2.05) is 6.08 Å². The minimum Gasteiger partial charge on any atom is -0.463 e. The van der Waals surface area contributed by atoms with Crippen LogP contribution in [-0.2, 0) is 9.53 Å². The molecule has 1 aliphatic heterocycles. The summed E-state index contributed by atoms with van der Waals surface area (Å²) in [6, 6.07) is 0. The van der Waals surface area contributed by atoms with Crippen molar-refractivity contribution in [2.45, 2.75) is 33.1 Å². The lowest BCUT2D eigenvalue weighted by atomic mass is 10.1. The van der Waals surface area contributed by atoms with Crippen LogP contribution in [0, 0.1) is 0 Å². The molecule has 0 aromatic heterocycles. The van der Waals surface area contributed by atoms with E-state index in [-0.39, 0.29) is 5.97 Å². The average molecular weight is 327 g/mol. The van der Waals surface area contributed by atoms with Gasteiger partial charge in [0.05, 0.1) is 17.9 Å². The van der Waals surface area contributed by atoms with Crippen molar-refractivity contribution in [3.8, 4) is 0 Å². The number of esters is 1. The number of unbranched alkanes of at least 4 members (excludes halogenated alkanes) is 1. The Morgan fingerprint density at radius 3 is 2.84 bits per heavy atom. The topological polar surface area (TPSA) is 41.9 Å². The zero-order valence-electron chi connectivity index (χ0n) is 11.4. The van der Waals surface area contributed by atoms with Gasteiger partial charge in [-0.25, -0.2) is 9.80 Å². The van der Waals surface area contributed by atoms with Gasteiger partial charge in [0, 0.05) is 6.20 Å². The number of rotatable bonds is 6. The standard InChI is InChI=1S/C14H19BrN2O2/c1-4-7-8-11(14(18)19-6-3)12-9-10-13(15)16-17(12)5-2/h5,9-10H,2,4,6-8H2,1,3H3/b12-11+. The van der Waals surface area contributed by atoms with Gasteiger partial charge < -0.3 is 4.74 Å². The van der Waals surface area contributed by atoms with Crippen LogP contribution < -0.4 is 0 Å². The fourth-order valence-corrected chi connectivity index (χ4v) is 2.00. The maximum atomic E-state index is 12.1. The maximum absolute atomic E-state index is 12.1. The van der Waals surface area contributed by atoms with Crippen molar-refractivity contribution in [3.05, 3.63) is 36.2 Å². The number of hydrazone groups is 1. The zero-order valence-corrected chi connectivity index (χ0v) is 12.9. The molecule has 0 saturated heterocycles. The van der Waals surface area contributed by atoms with Crippen molar-refractivity contribution < 1.29 is 9.53 Å². The minimum atomic E-state index is -0.282. The number of carbonyl (C=O) groups excluding carboxylic acids is 1. The molecular weight excluding hydrogens is 308 g/mol. The maximum Gasteiger partial charge on any atom is 0.336 e. The van der Waals surface area contributed by atoms with Crippen LogP contribution in [0.15, 0.2) is 41.3 Å². The van der Waals surface area contributed by atoms with Crippen molar-refractivity contribution in [1.29, 1.82) is 0 Å². The Labute approximate surface area is 122 Å². The van der Waals surface area contributed by atoms with Crippen LogP contribution in [0.3, 0.4) is 0 Å². The molecule has 0 aromatic carbocycles. The summed E-state index contributed by atoms with van der Waals surface area (Å²) in [6.45, 7) is 7.97. The third-order valence-corrected chi connectivity index (χ3v) is 3.04. The summed E-state index contributed by atoms with van der Waals surface area (Å²) in [7, 11) is 0. The van der Waals surface area contributed by atoms with Gasteiger partial charge in [0.15, 0.2) is 0 Å². The van der Waals surface area contributed by atoms with Gasteiger partial charge in [-0.2, -0.15) is 5.10 Å². The van der Waals surface area contributed by atoms with Crippen molar-refractivity contribution in [2.75, 3.05) is 6.61 Å². The molecule has 1 aliphatic rings. The Balaban J connectivity index is 3.11. The summed E-state index contributed by atoms with van der Waals surface area (Å²) in [5, 5.41) is 5.84. The zero-order chi connectivity index (χ0) is 14.3. The largest absolute Gasteiger partial charge is 0.463 e. The van der Waals surface area contributed by atoms with Gasteiger partial charge in [-0.3, -0.25) is 0 Å². The Kier molecular flexibility index (Phi) is 6.56. The summed E-state index contributed by atoms with van der Waals surface area (Å²) in [5.41, 5.74) is 1.37. The average Bonchev–Trinajstić information content (AvgIpc) is 2.40. The third-order valence-electron chi connectivity index (χ3n) is 2.61. The first-order valence-electron chi connectivity index (χ1n) is 6.38. The first-order valence-corrected chi connectivity index (χ1v) is 7.17. The number of ether oxygens (including phenoxy) is 1. The SMILES string of the molecule is C=CN1N=C(Br)C=C/C1=C(/CCCC)C(=O)OCC. The van der Waals surface area contributed by atoms with Gasteiger partial charge in [-0.15, -0.1) is 0 Å². The van der Waals surface area contributed by atoms with E-state index in [1.165, 1.54) is 0 Å². The van der Waals surface area contributed by atoms with E-state index < -0.39 is 0 Å². The Morgan fingerprint density at radius 1 is 1.53 bits per heavy atom. The molecule has 0 N–H and O–H groups in total. The second-order valence-corrected chi connectivity index (χ2v) is 4.78. The molecule has 0 atom stereocenters. The number of hydrogen-bond acceptors (Lipinski definition) is 4. The summed E-state index contributed by atoms with van der Waals surface area (Å²) in [6.07, 6.45) is 7.85. The molecule has 1 heterocycles. The van der Waals surface area contributed by atoms with Gasteiger partial charge in [0.2, 0.25) is 0 Å². The van der Waals surface area contributed by atoms with Crippen LogP contribution in [0.1, 0.15) is 33.1 Å². The third kappa shape index (κ3) is 4.35. The van der Waals surface area contributed by atoms with E-state index in [2.05, 4.69) is 34.5 Å². The second kappa shape index (κ2) is 7.94. The van der Waals surface area contributed by atoms with Crippen molar-refractivity contribution in [3.63, 3.8) is 0 Å². The van der Waals surface area contributed by atoms with E-state index in [0.717, 1.165) is 18.5 Å². The fraction of sp³-hybridized carbons (Fsp3) is 0.429. The Bertz CT molecular complexity index is 439. The van der Waals surface area contributed by atoms with Crippen LogP contribution in [0.4, 0.5) is 0 Å². The molecule has 0 fully saturated rings. The molecule has 1 rings (SSSR count). The molecule has 0 radical (unpaired) electrons. The molecule has 0 aliphatic carbocycles. The van der Waals surface area contributed by atoms with Crippen LogP contribution in [0.25, 0.3) is 0 Å². The number of carbonyl (C=O) groups is 1. The lowest BCUT2D eigenvalue weighted by Gasteiger charge is -2.22. The van der Waals surface area contributed by atoms with Crippen LogP contribution in [-0.4, -0.2) is 22.2 Å². The number of halogens is 1. The highest BCUT2D eigenvalue weighted by Gasteiger charge is 2.20.